The number of aromatic nitrogens is 1. The number of fused-ring (bicyclic) bond motifs is 11. The van der Waals surface area contributed by atoms with Gasteiger partial charge in [-0.1, -0.05) is 0 Å². The molecule has 1 aromatic heterocycles. The van der Waals surface area contributed by atoms with Gasteiger partial charge in [-0.15, -0.1) is 0 Å². The molecule has 8 nitrogen and oxygen atoms in total. The fraction of sp³-hybridized carbons (Fsp3) is 0.0312. The zero-order chi connectivity index (χ0) is 29.0. The minimum atomic E-state index is -3.77. The molecule has 5 heterocycles. The first-order valence-corrected chi connectivity index (χ1v) is 19.2. The molecule has 5 aromatic rings. The van der Waals surface area contributed by atoms with Crippen LogP contribution < -0.4 is 5.73 Å². The number of benzene rings is 4. The summed E-state index contributed by atoms with van der Waals surface area (Å²) in [5.74, 6) is 3.55. The summed E-state index contributed by atoms with van der Waals surface area (Å²) in [4.78, 5) is 20.8. The first-order valence-electron chi connectivity index (χ1n) is 13.6. The third-order valence-electron chi connectivity index (χ3n) is 8.28. The van der Waals surface area contributed by atoms with Crippen LogP contribution in [0.4, 0.5) is 11.6 Å². The van der Waals surface area contributed by atoms with Crippen molar-refractivity contribution < 1.29 is 0 Å². The molecule has 0 fully saturated rings. The van der Waals surface area contributed by atoms with E-state index in [4.69, 9.17) is 25.7 Å². The number of anilines is 1. The summed E-state index contributed by atoms with van der Waals surface area (Å²) >= 11 is 4.21. The Morgan fingerprint density at radius 2 is 1.28 bits per heavy atom. The quantitative estimate of drug-likeness (QED) is 0.116. The minimum absolute atomic E-state index is 0.373. The average Bonchev–Trinajstić information content (AvgIpc) is 3.70. The molecule has 11 heteroatoms. The number of nitrogen functional groups attached to an aromatic ring is 1. The van der Waals surface area contributed by atoms with Crippen molar-refractivity contribution >= 4 is 103 Å². The Morgan fingerprint density at radius 3 is 2.02 bits per heavy atom. The van der Waals surface area contributed by atoms with Crippen molar-refractivity contribution in [3.05, 3.63) is 130 Å². The van der Waals surface area contributed by atoms with Crippen LogP contribution in [0, 0.1) is 5.41 Å². The van der Waals surface area contributed by atoms with Crippen molar-refractivity contribution in [1.82, 2.24) is 5.91 Å². The Morgan fingerprint density at radius 1 is 0.698 bits per heavy atom. The average molecular weight is 794 g/mol. The standard InChI is InChI=1S/C24H15N7.C8H4Br2N.Sn/c25-19-13-7-1-3-9-15(13)21(27-19)29-23-17-11-5-6-12-18(17)24(31-23)30-22-16-10-4-2-8-14(16)20(26)28-22;9-7-5-3-1-2-4-6(5)8(10)11-7;/h1-12H,25H2,(H-,26,28,29,30,31);1-4H;/q-2;;+2. The molecule has 1 radical (unpaired) electrons. The number of alkyl halides is 1. The van der Waals surface area contributed by atoms with Crippen LogP contribution in [0.3, 0.4) is 0 Å². The SMILES string of the molecule is N=C1c2ccccc2C2=NC3=N/C(=N\c4c5ccccc5c(N)[n]4[Sn]([C]4(Br)N=C(Br)c5ccccc54)[N]12)c1ccccc13. The third-order valence-corrected chi connectivity index (χ3v) is 19.6. The topological polar surface area (TPSA) is 107 Å². The summed E-state index contributed by atoms with van der Waals surface area (Å²) in [6, 6.07) is 32.3. The molecule has 0 saturated carbocycles. The molecule has 4 aromatic carbocycles. The number of hydrogen-bond donors (Lipinski definition) is 2. The van der Waals surface area contributed by atoms with Crippen LogP contribution in [-0.2, 0) is 2.46 Å². The van der Waals surface area contributed by atoms with Crippen LogP contribution in [-0.4, -0.2) is 54.2 Å². The van der Waals surface area contributed by atoms with Gasteiger partial charge in [-0.2, -0.15) is 0 Å². The number of halogens is 2. The number of nitrogens with one attached hydrogen (secondary N) is 1. The van der Waals surface area contributed by atoms with Gasteiger partial charge in [0.2, 0.25) is 0 Å². The van der Waals surface area contributed by atoms with Crippen molar-refractivity contribution in [2.75, 3.05) is 5.73 Å². The van der Waals surface area contributed by atoms with Gasteiger partial charge in [-0.25, -0.2) is 0 Å². The third kappa shape index (κ3) is 3.39. The van der Waals surface area contributed by atoms with E-state index in [2.05, 4.69) is 56.0 Å². The van der Waals surface area contributed by atoms with Gasteiger partial charge in [0.1, 0.15) is 0 Å². The summed E-state index contributed by atoms with van der Waals surface area (Å²) in [6.07, 6.45) is 0. The molecule has 1 unspecified atom stereocenters. The number of nitrogens with two attached hydrogens (primary N) is 1. The van der Waals surface area contributed by atoms with Gasteiger partial charge in [-0.3, -0.25) is 0 Å². The fourth-order valence-electron chi connectivity index (χ4n) is 6.37. The number of aliphatic imine (C=N–C) groups is 4. The van der Waals surface area contributed by atoms with E-state index in [1.165, 1.54) is 0 Å². The van der Waals surface area contributed by atoms with Crippen LogP contribution in [0.2, 0.25) is 0 Å². The molecule has 0 saturated heterocycles. The maximum atomic E-state index is 9.67. The Bertz CT molecular complexity index is 2230. The Kier molecular flexibility index (Phi) is 5.40. The van der Waals surface area contributed by atoms with Gasteiger partial charge < -0.3 is 0 Å². The Balaban J connectivity index is 1.47. The molecule has 3 N–H and O–H groups in total. The predicted molar refractivity (Wildman–Crippen MR) is 181 cm³/mol. The summed E-state index contributed by atoms with van der Waals surface area (Å²) in [7, 11) is 0. The van der Waals surface area contributed by atoms with E-state index < -0.39 is 22.8 Å². The van der Waals surface area contributed by atoms with Crippen molar-refractivity contribution in [2.45, 2.75) is 2.46 Å². The molecule has 43 heavy (non-hydrogen) atoms. The fourth-order valence-corrected chi connectivity index (χ4v) is 18.8. The van der Waals surface area contributed by atoms with Gasteiger partial charge >= 0.3 is 272 Å². The first-order chi connectivity index (χ1) is 21.0. The van der Waals surface area contributed by atoms with Crippen LogP contribution in [0.25, 0.3) is 10.8 Å². The van der Waals surface area contributed by atoms with E-state index in [9.17, 15) is 5.41 Å². The van der Waals surface area contributed by atoms with Gasteiger partial charge in [0.25, 0.3) is 0 Å². The zero-order valence-electron chi connectivity index (χ0n) is 22.3. The second-order valence-electron chi connectivity index (χ2n) is 10.6. The Hall–Kier alpha value is -3.87. The molecular weight excluding hydrogens is 775 g/mol. The number of amidine groups is 4. The molecule has 0 spiro atoms. The van der Waals surface area contributed by atoms with E-state index in [0.717, 1.165) is 54.6 Å². The number of rotatable bonds is 1. The normalized spacial score (nSPS) is 21.3. The molecule has 0 amide bonds. The molecule has 4 aliphatic rings. The maximum absolute atomic E-state index is 9.67. The predicted octanol–water partition coefficient (Wildman–Crippen LogP) is 6.44. The van der Waals surface area contributed by atoms with E-state index in [1.54, 1.807) is 0 Å². The molecule has 2 bridgehead atoms. The second-order valence-corrected chi connectivity index (χ2v) is 21.0. The van der Waals surface area contributed by atoms with Crippen LogP contribution >= 0.6 is 31.9 Å². The second kappa shape index (κ2) is 9.07. The van der Waals surface area contributed by atoms with Gasteiger partial charge in [0, 0.05) is 0 Å². The van der Waals surface area contributed by atoms with Gasteiger partial charge in [-0.05, 0) is 0 Å². The Labute approximate surface area is 270 Å². The molecule has 0 aliphatic carbocycles. The molecule has 9 rings (SSSR count). The van der Waals surface area contributed by atoms with E-state index in [1.807, 2.05) is 78.9 Å². The summed E-state index contributed by atoms with van der Waals surface area (Å²) in [5.41, 5.74) is 12.7. The van der Waals surface area contributed by atoms with Crippen molar-refractivity contribution in [3.8, 4) is 0 Å². The molecular formula is C32H19Br2N8Sn. The molecule has 4 aliphatic heterocycles. The van der Waals surface area contributed by atoms with E-state index in [-0.39, 0.29) is 0 Å². The van der Waals surface area contributed by atoms with Crippen LogP contribution in [0.1, 0.15) is 33.4 Å². The van der Waals surface area contributed by atoms with Crippen LogP contribution in [0.15, 0.2) is 117 Å². The first kappa shape index (κ1) is 25.6. The van der Waals surface area contributed by atoms with Gasteiger partial charge in [0.05, 0.1) is 0 Å². The molecule has 205 valence electrons. The van der Waals surface area contributed by atoms with Crippen LogP contribution in [0.5, 0.6) is 0 Å². The molecule has 1 atom stereocenters. The zero-order valence-corrected chi connectivity index (χ0v) is 28.3. The summed E-state index contributed by atoms with van der Waals surface area (Å²) < 4.78 is 4.19. The van der Waals surface area contributed by atoms with E-state index >= 15 is 0 Å². The summed E-state index contributed by atoms with van der Waals surface area (Å²) in [6.45, 7) is 0. The number of hydrogen-bond acceptors (Lipinski definition) is 6. The van der Waals surface area contributed by atoms with Gasteiger partial charge in [0.15, 0.2) is 0 Å². The monoisotopic (exact) mass is 793 g/mol. The van der Waals surface area contributed by atoms with Crippen molar-refractivity contribution in [3.63, 3.8) is 0 Å². The summed E-state index contributed by atoms with van der Waals surface area (Å²) in [5, 5.41) is 11.5. The van der Waals surface area contributed by atoms with Crippen molar-refractivity contribution in [1.29, 1.82) is 5.41 Å². The van der Waals surface area contributed by atoms with Crippen molar-refractivity contribution in [2.24, 2.45) is 20.0 Å². The van der Waals surface area contributed by atoms with E-state index in [0.29, 0.717) is 29.2 Å². The number of nitrogens with zero attached hydrogens (tertiary/aromatic N) is 6.